The second kappa shape index (κ2) is 11.4. The van der Waals surface area contributed by atoms with Crippen LogP contribution in [0.4, 0.5) is 15.9 Å². The fourth-order valence-corrected chi connectivity index (χ4v) is 4.80. The van der Waals surface area contributed by atoms with Crippen LogP contribution in [0, 0.1) is 12.7 Å². The summed E-state index contributed by atoms with van der Waals surface area (Å²) >= 11 is 0. The van der Waals surface area contributed by atoms with E-state index in [1.165, 1.54) is 18.5 Å². The first-order valence-electron chi connectivity index (χ1n) is 13.1. The van der Waals surface area contributed by atoms with Crippen LogP contribution in [-0.4, -0.2) is 49.4 Å². The van der Waals surface area contributed by atoms with Gasteiger partial charge in [0, 0.05) is 47.9 Å². The van der Waals surface area contributed by atoms with Gasteiger partial charge in [0.1, 0.15) is 17.8 Å². The molecule has 0 spiro atoms. The molecule has 5 rings (SSSR count). The number of carbonyl (C=O) groups excluding carboxylic acids is 1. The van der Waals surface area contributed by atoms with Crippen LogP contribution in [0.15, 0.2) is 67.1 Å². The van der Waals surface area contributed by atoms with Crippen molar-refractivity contribution in [1.82, 2.24) is 29.4 Å². The van der Waals surface area contributed by atoms with E-state index < -0.39 is 5.82 Å². The Morgan fingerprint density at radius 1 is 1.14 bits per heavy atom. The van der Waals surface area contributed by atoms with Crippen LogP contribution >= 0.6 is 0 Å². The van der Waals surface area contributed by atoms with Gasteiger partial charge in [0.25, 0.3) is 5.91 Å². The van der Waals surface area contributed by atoms with Gasteiger partial charge in [-0.2, -0.15) is 0 Å². The Hall–Kier alpha value is -5.16. The second-order valence-electron chi connectivity index (χ2n) is 10.3. The Morgan fingerprint density at radius 2 is 1.93 bits per heavy atom. The third kappa shape index (κ3) is 5.54. The van der Waals surface area contributed by atoms with Gasteiger partial charge in [0.2, 0.25) is 0 Å². The number of rotatable bonds is 8. The number of amides is 1. The quantitative estimate of drug-likeness (QED) is 0.236. The summed E-state index contributed by atoms with van der Waals surface area (Å²) in [5.74, 6) is -0.602. The Balaban J connectivity index is 1.69. The van der Waals surface area contributed by atoms with Crippen LogP contribution in [0.5, 0.6) is 11.8 Å². The molecule has 0 saturated carbocycles. The number of anilines is 2. The van der Waals surface area contributed by atoms with E-state index in [9.17, 15) is 4.79 Å². The molecule has 3 heterocycles. The van der Waals surface area contributed by atoms with E-state index in [1.54, 1.807) is 32.2 Å². The minimum absolute atomic E-state index is 0.0127. The lowest BCUT2D eigenvalue weighted by molar-refractivity contribution is -0.112. The summed E-state index contributed by atoms with van der Waals surface area (Å²) in [7, 11) is 5.80. The SMILES string of the molecule is C=C(C)C(=O)Nc1ccc(-c2c(-c3ccc(Oc4nccc(C)n4)c(F)c3)c3c(N)ncnc3n2C)c(CN(C)C)c1. The molecule has 42 heavy (non-hydrogen) atoms. The molecule has 0 aliphatic rings. The van der Waals surface area contributed by atoms with Crippen LogP contribution in [-0.2, 0) is 18.4 Å². The second-order valence-corrected chi connectivity index (χ2v) is 10.3. The number of halogens is 1. The van der Waals surface area contributed by atoms with Gasteiger partial charge in [-0.05, 0) is 69.4 Å². The maximum Gasteiger partial charge on any atom is 0.322 e. The van der Waals surface area contributed by atoms with Crippen molar-refractivity contribution in [2.24, 2.45) is 7.05 Å². The van der Waals surface area contributed by atoms with Gasteiger partial charge in [-0.15, -0.1) is 0 Å². The number of aryl methyl sites for hydroxylation is 2. The third-order valence-electron chi connectivity index (χ3n) is 6.68. The summed E-state index contributed by atoms with van der Waals surface area (Å²) < 4.78 is 23.1. The van der Waals surface area contributed by atoms with E-state index in [4.69, 9.17) is 10.5 Å². The predicted octanol–water partition coefficient (Wildman–Crippen LogP) is 5.49. The van der Waals surface area contributed by atoms with Gasteiger partial charge < -0.3 is 25.3 Å². The summed E-state index contributed by atoms with van der Waals surface area (Å²) in [5, 5.41) is 3.49. The van der Waals surface area contributed by atoms with Gasteiger partial charge in [-0.1, -0.05) is 18.7 Å². The van der Waals surface area contributed by atoms with E-state index in [0.29, 0.717) is 45.7 Å². The number of hydrogen-bond acceptors (Lipinski definition) is 8. The maximum atomic E-state index is 15.6. The fraction of sp³-hybridized carbons (Fsp3) is 0.194. The number of carbonyl (C=O) groups is 1. The average molecular weight is 567 g/mol. The summed E-state index contributed by atoms with van der Waals surface area (Å²) in [4.78, 5) is 31.4. The van der Waals surface area contributed by atoms with Crippen molar-refractivity contribution in [2.75, 3.05) is 25.1 Å². The van der Waals surface area contributed by atoms with Crippen molar-refractivity contribution in [2.45, 2.75) is 20.4 Å². The largest absolute Gasteiger partial charge is 0.421 e. The number of nitrogens with one attached hydrogen (secondary N) is 1. The molecule has 214 valence electrons. The van der Waals surface area contributed by atoms with E-state index in [-0.39, 0.29) is 23.5 Å². The Labute approximate surface area is 242 Å². The first-order chi connectivity index (χ1) is 20.0. The van der Waals surface area contributed by atoms with Crippen LogP contribution in [0.25, 0.3) is 33.4 Å². The molecule has 11 heteroatoms. The van der Waals surface area contributed by atoms with E-state index in [1.807, 2.05) is 48.8 Å². The van der Waals surface area contributed by atoms with Gasteiger partial charge in [0.15, 0.2) is 11.6 Å². The van der Waals surface area contributed by atoms with Crippen LogP contribution < -0.4 is 15.8 Å². The number of fused-ring (bicyclic) bond motifs is 1. The minimum atomic E-state index is -0.595. The van der Waals surface area contributed by atoms with E-state index >= 15 is 4.39 Å². The van der Waals surface area contributed by atoms with Crippen molar-refractivity contribution in [3.63, 3.8) is 0 Å². The monoisotopic (exact) mass is 566 g/mol. The molecule has 3 N–H and O–H groups in total. The summed E-state index contributed by atoms with van der Waals surface area (Å²) in [5.41, 5.74) is 12.5. The molecule has 0 radical (unpaired) electrons. The zero-order chi connectivity index (χ0) is 30.1. The van der Waals surface area contributed by atoms with Crippen LogP contribution in [0.2, 0.25) is 0 Å². The van der Waals surface area contributed by atoms with Crippen molar-refractivity contribution in [1.29, 1.82) is 0 Å². The number of nitrogen functional groups attached to an aromatic ring is 1. The van der Waals surface area contributed by atoms with Crippen LogP contribution in [0.1, 0.15) is 18.2 Å². The highest BCUT2D eigenvalue weighted by molar-refractivity contribution is 6.08. The fourth-order valence-electron chi connectivity index (χ4n) is 4.80. The number of hydrogen-bond donors (Lipinski definition) is 2. The van der Waals surface area contributed by atoms with Crippen LogP contribution in [0.3, 0.4) is 0 Å². The van der Waals surface area contributed by atoms with Gasteiger partial charge >= 0.3 is 6.01 Å². The molecule has 3 aromatic heterocycles. The lowest BCUT2D eigenvalue weighted by Gasteiger charge is -2.18. The number of benzene rings is 2. The number of ether oxygens (including phenoxy) is 1. The molecule has 0 bridgehead atoms. The van der Waals surface area contributed by atoms with E-state index in [0.717, 1.165) is 16.8 Å². The summed E-state index contributed by atoms with van der Waals surface area (Å²) in [6.07, 6.45) is 2.96. The number of nitrogens with zero attached hydrogens (tertiary/aromatic N) is 6. The average Bonchev–Trinajstić information content (AvgIpc) is 3.23. The normalized spacial score (nSPS) is 11.2. The highest BCUT2D eigenvalue weighted by Gasteiger charge is 2.25. The maximum absolute atomic E-state index is 15.6. The molecular weight excluding hydrogens is 535 g/mol. The first kappa shape index (κ1) is 28.4. The number of nitrogens with two attached hydrogens (primary N) is 1. The molecule has 2 aromatic carbocycles. The lowest BCUT2D eigenvalue weighted by atomic mass is 9.95. The smallest absolute Gasteiger partial charge is 0.322 e. The van der Waals surface area contributed by atoms with E-state index in [2.05, 4.69) is 31.8 Å². The molecule has 0 aliphatic carbocycles. The predicted molar refractivity (Wildman–Crippen MR) is 161 cm³/mol. The zero-order valence-electron chi connectivity index (χ0n) is 24.1. The molecule has 0 atom stereocenters. The molecule has 5 aromatic rings. The lowest BCUT2D eigenvalue weighted by Crippen LogP contribution is -2.15. The highest BCUT2D eigenvalue weighted by Crippen LogP contribution is 2.44. The standard InChI is InChI=1S/C31H31FN8O2/c1-17(2)30(41)38-21-8-9-22(20(13-21)15-39(4)5)27-25(26-28(33)35-16-36-29(26)40(27)6)19-7-10-24(23(32)14-19)42-31-34-12-11-18(3)37-31/h7-14,16H,1,15H2,2-6H3,(H,38,41)(H2,33,35,36). The molecule has 0 fully saturated rings. The van der Waals surface area contributed by atoms with Crippen molar-refractivity contribution < 1.29 is 13.9 Å². The third-order valence-corrected chi connectivity index (χ3v) is 6.68. The Morgan fingerprint density at radius 3 is 2.62 bits per heavy atom. The van der Waals surface area contributed by atoms with Crippen molar-refractivity contribution in [3.05, 3.63) is 84.2 Å². The van der Waals surface area contributed by atoms with Gasteiger partial charge in [0.05, 0.1) is 11.1 Å². The van der Waals surface area contributed by atoms with Crippen molar-refractivity contribution in [3.8, 4) is 34.1 Å². The topological polar surface area (TPSA) is 124 Å². The Bertz CT molecular complexity index is 1850. The first-order valence-corrected chi connectivity index (χ1v) is 13.1. The summed E-state index contributed by atoms with van der Waals surface area (Å²) in [6, 6.07) is 12.1. The molecular formula is C31H31FN8O2. The number of aromatic nitrogens is 5. The molecule has 10 nitrogen and oxygen atoms in total. The summed E-state index contributed by atoms with van der Waals surface area (Å²) in [6.45, 7) is 7.74. The van der Waals surface area contributed by atoms with Gasteiger partial charge in [-0.25, -0.2) is 24.3 Å². The minimum Gasteiger partial charge on any atom is -0.421 e. The Kier molecular flexibility index (Phi) is 7.68. The molecule has 0 unspecified atom stereocenters. The van der Waals surface area contributed by atoms with Gasteiger partial charge in [-0.3, -0.25) is 4.79 Å². The highest BCUT2D eigenvalue weighted by atomic mass is 19.1. The molecule has 1 amide bonds. The zero-order valence-corrected chi connectivity index (χ0v) is 24.1. The van der Waals surface area contributed by atoms with Crippen molar-refractivity contribution >= 4 is 28.4 Å². The molecule has 0 saturated heterocycles. The molecule has 0 aliphatic heterocycles.